The van der Waals surface area contributed by atoms with E-state index in [1.165, 1.54) is 18.3 Å². The number of hydrogen-bond acceptors (Lipinski definition) is 4. The molecule has 0 aliphatic rings. The SMILES string of the molecule is CCOC(=O)c1cnc(-c2ccc(F)cc2)cc1Oc1ccccc1Cl. The molecule has 0 fully saturated rings. The van der Waals surface area contributed by atoms with Gasteiger partial charge in [-0.3, -0.25) is 4.98 Å². The van der Waals surface area contributed by atoms with Crippen LogP contribution in [0.1, 0.15) is 17.3 Å². The van der Waals surface area contributed by atoms with Crippen molar-refractivity contribution in [3.8, 4) is 22.8 Å². The number of benzene rings is 2. The van der Waals surface area contributed by atoms with Crippen LogP contribution in [0.2, 0.25) is 5.02 Å². The molecule has 26 heavy (non-hydrogen) atoms. The number of rotatable bonds is 5. The van der Waals surface area contributed by atoms with E-state index in [9.17, 15) is 9.18 Å². The molecule has 0 aliphatic carbocycles. The van der Waals surface area contributed by atoms with Crippen LogP contribution in [0.5, 0.6) is 11.5 Å². The minimum Gasteiger partial charge on any atom is -0.462 e. The van der Waals surface area contributed by atoms with Crippen molar-refractivity contribution in [2.24, 2.45) is 0 Å². The Morgan fingerprint density at radius 2 is 1.85 bits per heavy atom. The molecule has 0 radical (unpaired) electrons. The Bertz CT molecular complexity index is 929. The summed E-state index contributed by atoms with van der Waals surface area (Å²) in [5.41, 5.74) is 1.39. The highest BCUT2D eigenvalue weighted by atomic mass is 35.5. The predicted octanol–water partition coefficient (Wildman–Crippen LogP) is 5.51. The molecule has 0 unspecified atom stereocenters. The van der Waals surface area contributed by atoms with Crippen molar-refractivity contribution in [2.45, 2.75) is 6.92 Å². The molecule has 0 N–H and O–H groups in total. The molecule has 0 bridgehead atoms. The van der Waals surface area contributed by atoms with E-state index in [1.54, 1.807) is 49.4 Å². The smallest absolute Gasteiger partial charge is 0.343 e. The van der Waals surface area contributed by atoms with Crippen molar-refractivity contribution in [2.75, 3.05) is 6.61 Å². The molecule has 3 rings (SSSR count). The average Bonchev–Trinajstić information content (AvgIpc) is 2.64. The number of nitrogens with zero attached hydrogens (tertiary/aromatic N) is 1. The fourth-order valence-corrected chi connectivity index (χ4v) is 2.48. The molecule has 6 heteroatoms. The number of aromatic nitrogens is 1. The maximum absolute atomic E-state index is 13.1. The van der Waals surface area contributed by atoms with Gasteiger partial charge < -0.3 is 9.47 Å². The first kappa shape index (κ1) is 17.9. The number of carbonyl (C=O) groups is 1. The number of halogens is 2. The molecule has 0 saturated heterocycles. The van der Waals surface area contributed by atoms with Crippen LogP contribution in [0.25, 0.3) is 11.3 Å². The first-order chi connectivity index (χ1) is 12.6. The van der Waals surface area contributed by atoms with Crippen LogP contribution < -0.4 is 4.74 Å². The van der Waals surface area contributed by atoms with Gasteiger partial charge >= 0.3 is 5.97 Å². The molecule has 2 aromatic carbocycles. The van der Waals surface area contributed by atoms with Crippen molar-refractivity contribution in [3.05, 3.63) is 77.2 Å². The average molecular weight is 372 g/mol. The second-order valence-corrected chi connectivity index (χ2v) is 5.73. The van der Waals surface area contributed by atoms with Crippen LogP contribution >= 0.6 is 11.6 Å². The highest BCUT2D eigenvalue weighted by Gasteiger charge is 2.18. The molecule has 4 nitrogen and oxygen atoms in total. The van der Waals surface area contributed by atoms with Crippen LogP contribution in [-0.2, 0) is 4.74 Å². The summed E-state index contributed by atoms with van der Waals surface area (Å²) in [6.07, 6.45) is 1.38. The number of hydrogen-bond donors (Lipinski definition) is 0. The summed E-state index contributed by atoms with van der Waals surface area (Å²) in [6.45, 7) is 1.94. The Morgan fingerprint density at radius 3 is 2.54 bits per heavy atom. The molecule has 0 aliphatic heterocycles. The van der Waals surface area contributed by atoms with Crippen LogP contribution in [0, 0.1) is 5.82 Å². The van der Waals surface area contributed by atoms with E-state index >= 15 is 0 Å². The third-order valence-electron chi connectivity index (χ3n) is 3.56. The zero-order chi connectivity index (χ0) is 18.5. The lowest BCUT2D eigenvalue weighted by molar-refractivity contribution is 0.0523. The van der Waals surface area contributed by atoms with Crippen molar-refractivity contribution < 1.29 is 18.7 Å². The van der Waals surface area contributed by atoms with E-state index in [-0.39, 0.29) is 23.7 Å². The molecular formula is C20H15ClFNO3. The Labute approximate surface area is 155 Å². The Hall–Kier alpha value is -2.92. The van der Waals surface area contributed by atoms with Gasteiger partial charge in [-0.15, -0.1) is 0 Å². The number of pyridine rings is 1. The minimum atomic E-state index is -0.548. The summed E-state index contributed by atoms with van der Waals surface area (Å²) < 4.78 is 24.1. The van der Waals surface area contributed by atoms with Gasteiger partial charge in [-0.25, -0.2) is 9.18 Å². The van der Waals surface area contributed by atoms with Gasteiger partial charge in [0.2, 0.25) is 0 Å². The first-order valence-electron chi connectivity index (χ1n) is 7.94. The van der Waals surface area contributed by atoms with E-state index in [2.05, 4.69) is 4.98 Å². The molecule has 0 atom stereocenters. The molecule has 1 heterocycles. The highest BCUT2D eigenvalue weighted by molar-refractivity contribution is 6.32. The van der Waals surface area contributed by atoms with Crippen molar-refractivity contribution >= 4 is 17.6 Å². The van der Waals surface area contributed by atoms with E-state index in [0.717, 1.165) is 0 Å². The summed E-state index contributed by atoms with van der Waals surface area (Å²) in [5, 5.41) is 0.405. The maximum Gasteiger partial charge on any atom is 0.343 e. The number of esters is 1. The lowest BCUT2D eigenvalue weighted by Crippen LogP contribution is -2.07. The highest BCUT2D eigenvalue weighted by Crippen LogP contribution is 2.33. The van der Waals surface area contributed by atoms with Crippen molar-refractivity contribution in [3.63, 3.8) is 0 Å². The topological polar surface area (TPSA) is 48.4 Å². The predicted molar refractivity (Wildman–Crippen MR) is 97.1 cm³/mol. The fourth-order valence-electron chi connectivity index (χ4n) is 2.31. The van der Waals surface area contributed by atoms with Crippen LogP contribution in [0.3, 0.4) is 0 Å². The largest absolute Gasteiger partial charge is 0.462 e. The summed E-state index contributed by atoms with van der Waals surface area (Å²) in [7, 11) is 0. The number of carbonyl (C=O) groups excluding carboxylic acids is 1. The van der Waals surface area contributed by atoms with Gasteiger partial charge in [0.25, 0.3) is 0 Å². The van der Waals surface area contributed by atoms with Crippen LogP contribution in [0.15, 0.2) is 60.8 Å². The van der Waals surface area contributed by atoms with Gasteiger partial charge in [0, 0.05) is 17.8 Å². The third-order valence-corrected chi connectivity index (χ3v) is 3.87. The van der Waals surface area contributed by atoms with E-state index in [0.29, 0.717) is 22.0 Å². The lowest BCUT2D eigenvalue weighted by atomic mass is 10.1. The molecule has 0 amide bonds. The third kappa shape index (κ3) is 4.00. The van der Waals surface area contributed by atoms with E-state index in [1.807, 2.05) is 0 Å². The summed E-state index contributed by atoms with van der Waals surface area (Å²) in [5.74, 6) is -0.237. The van der Waals surface area contributed by atoms with E-state index < -0.39 is 5.97 Å². The molecule has 1 aromatic heterocycles. The Balaban J connectivity index is 2.04. The van der Waals surface area contributed by atoms with Gasteiger partial charge in [0.15, 0.2) is 0 Å². The Kier molecular flexibility index (Phi) is 5.49. The number of para-hydroxylation sites is 1. The molecular weight excluding hydrogens is 357 g/mol. The van der Waals surface area contributed by atoms with E-state index in [4.69, 9.17) is 21.1 Å². The molecule has 0 spiro atoms. The normalized spacial score (nSPS) is 10.4. The second-order valence-electron chi connectivity index (χ2n) is 5.33. The zero-order valence-corrected chi connectivity index (χ0v) is 14.7. The van der Waals surface area contributed by atoms with Gasteiger partial charge in [-0.1, -0.05) is 23.7 Å². The summed E-state index contributed by atoms with van der Waals surface area (Å²) in [6, 6.07) is 14.4. The lowest BCUT2D eigenvalue weighted by Gasteiger charge is -2.13. The van der Waals surface area contributed by atoms with Crippen LogP contribution in [0.4, 0.5) is 4.39 Å². The molecule has 132 valence electrons. The first-order valence-corrected chi connectivity index (χ1v) is 8.31. The zero-order valence-electron chi connectivity index (χ0n) is 13.9. The standard InChI is InChI=1S/C20H15ClFNO3/c1-2-25-20(24)15-12-23-17(13-7-9-14(22)10-8-13)11-19(15)26-18-6-4-3-5-16(18)21/h3-12H,2H2,1H3. The maximum atomic E-state index is 13.1. The quantitative estimate of drug-likeness (QED) is 0.555. The summed E-state index contributed by atoms with van der Waals surface area (Å²) in [4.78, 5) is 16.5. The van der Waals surface area contributed by atoms with Gasteiger partial charge in [-0.05, 0) is 43.3 Å². The molecule has 0 saturated carbocycles. The second kappa shape index (κ2) is 7.97. The van der Waals surface area contributed by atoms with Crippen LogP contribution in [-0.4, -0.2) is 17.6 Å². The number of ether oxygens (including phenoxy) is 2. The monoisotopic (exact) mass is 371 g/mol. The van der Waals surface area contributed by atoms with Gasteiger partial charge in [-0.2, -0.15) is 0 Å². The minimum absolute atomic E-state index is 0.178. The fraction of sp³-hybridized carbons (Fsp3) is 0.100. The Morgan fingerprint density at radius 1 is 1.12 bits per heavy atom. The van der Waals surface area contributed by atoms with Gasteiger partial charge in [0.1, 0.15) is 22.9 Å². The van der Waals surface area contributed by atoms with Crippen molar-refractivity contribution in [1.82, 2.24) is 4.98 Å². The summed E-state index contributed by atoms with van der Waals surface area (Å²) >= 11 is 6.14. The van der Waals surface area contributed by atoms with Gasteiger partial charge in [0.05, 0.1) is 17.3 Å². The van der Waals surface area contributed by atoms with Crippen molar-refractivity contribution in [1.29, 1.82) is 0 Å². The molecule has 3 aromatic rings.